The van der Waals surface area contributed by atoms with Gasteiger partial charge in [0.05, 0.1) is 6.21 Å². The van der Waals surface area contributed by atoms with Gasteiger partial charge in [-0.05, 0) is 86.6 Å². The molecule has 0 bridgehead atoms. The molecular formula is C29H24FN3O4. The molecule has 0 aliphatic carbocycles. The van der Waals surface area contributed by atoms with Crippen molar-refractivity contribution in [1.29, 1.82) is 0 Å². The van der Waals surface area contributed by atoms with E-state index in [1.165, 1.54) is 18.3 Å². The van der Waals surface area contributed by atoms with E-state index in [1.54, 1.807) is 36.4 Å². The lowest BCUT2D eigenvalue weighted by Crippen LogP contribution is -2.16. The Bertz CT molecular complexity index is 1540. The predicted octanol–water partition coefficient (Wildman–Crippen LogP) is 6.43. The van der Waals surface area contributed by atoms with Gasteiger partial charge in [-0.2, -0.15) is 5.10 Å². The highest BCUT2D eigenvalue weighted by Gasteiger charge is 2.12. The molecule has 5 rings (SSSR count). The van der Waals surface area contributed by atoms with Crippen molar-refractivity contribution >= 4 is 12.1 Å². The maximum absolute atomic E-state index is 13.4. The number of rotatable bonds is 8. The number of aromatic nitrogens is 1. The van der Waals surface area contributed by atoms with Gasteiger partial charge in [-0.25, -0.2) is 9.82 Å². The summed E-state index contributed by atoms with van der Waals surface area (Å²) in [5.74, 6) is 1.32. The summed E-state index contributed by atoms with van der Waals surface area (Å²) in [5, 5.41) is 3.90. The third-order valence-electron chi connectivity index (χ3n) is 5.73. The normalized spacial score (nSPS) is 11.2. The maximum atomic E-state index is 13.4. The Kier molecular flexibility index (Phi) is 6.72. The Morgan fingerprint density at radius 2 is 1.76 bits per heavy atom. The zero-order valence-electron chi connectivity index (χ0n) is 20.3. The average Bonchev–Trinajstić information content (AvgIpc) is 3.64. The molecule has 1 amide bonds. The number of furan rings is 2. The number of hydrogen-bond donors (Lipinski definition) is 1. The van der Waals surface area contributed by atoms with Crippen LogP contribution >= 0.6 is 0 Å². The van der Waals surface area contributed by atoms with Gasteiger partial charge < -0.3 is 18.1 Å². The highest BCUT2D eigenvalue weighted by atomic mass is 19.1. The number of carbonyl (C=O) groups excluding carboxylic acids is 1. The van der Waals surface area contributed by atoms with E-state index in [0.717, 1.165) is 17.1 Å². The minimum atomic E-state index is -0.513. The largest absolute Gasteiger partial charge is 0.486 e. The van der Waals surface area contributed by atoms with Crippen LogP contribution in [0.15, 0.2) is 98.9 Å². The number of ether oxygens (including phenoxy) is 1. The van der Waals surface area contributed by atoms with Crippen LogP contribution < -0.4 is 10.2 Å². The highest BCUT2D eigenvalue weighted by molar-refractivity contribution is 5.92. The fraction of sp³-hybridized carbons (Fsp3) is 0.103. The maximum Gasteiger partial charge on any atom is 0.307 e. The molecule has 0 unspecified atom stereocenters. The summed E-state index contributed by atoms with van der Waals surface area (Å²) >= 11 is 0. The van der Waals surface area contributed by atoms with Crippen molar-refractivity contribution in [3.05, 3.63) is 119 Å². The molecule has 0 saturated heterocycles. The molecule has 0 atom stereocenters. The monoisotopic (exact) mass is 497 g/mol. The summed E-state index contributed by atoms with van der Waals surface area (Å²) in [6.07, 6.45) is 1.36. The number of hydrazone groups is 1. The quantitative estimate of drug-likeness (QED) is 0.198. The van der Waals surface area contributed by atoms with E-state index in [1.807, 2.05) is 24.3 Å². The lowest BCUT2D eigenvalue weighted by Gasteiger charge is -2.10. The van der Waals surface area contributed by atoms with Crippen LogP contribution in [0.5, 0.6) is 5.75 Å². The predicted molar refractivity (Wildman–Crippen MR) is 137 cm³/mol. The van der Waals surface area contributed by atoms with Crippen molar-refractivity contribution in [1.82, 2.24) is 9.99 Å². The molecule has 186 valence electrons. The lowest BCUT2D eigenvalue weighted by atomic mass is 10.2. The van der Waals surface area contributed by atoms with Gasteiger partial charge in [0, 0.05) is 22.6 Å². The number of nitrogens with zero attached hydrogens (tertiary/aromatic N) is 2. The SMILES string of the molecule is Cc1ccc(C)n1-c1ccc(OCc2ccc(C(=O)NN=Cc3ccc(-c4cccc(F)c4)o3)o2)cc1. The lowest BCUT2D eigenvalue weighted by molar-refractivity contribution is 0.0923. The first-order chi connectivity index (χ1) is 18.0. The van der Waals surface area contributed by atoms with Gasteiger partial charge in [0.1, 0.15) is 35.5 Å². The van der Waals surface area contributed by atoms with Gasteiger partial charge in [0.25, 0.3) is 0 Å². The Hall–Kier alpha value is -4.85. The topological polar surface area (TPSA) is 81.9 Å². The van der Waals surface area contributed by atoms with Crippen LogP contribution in [0.4, 0.5) is 4.39 Å². The third kappa shape index (κ3) is 5.54. The first-order valence-electron chi connectivity index (χ1n) is 11.6. The fourth-order valence-corrected chi connectivity index (χ4v) is 3.93. The van der Waals surface area contributed by atoms with Gasteiger partial charge in [-0.1, -0.05) is 12.1 Å². The second-order valence-electron chi connectivity index (χ2n) is 8.41. The first kappa shape index (κ1) is 23.9. The summed E-state index contributed by atoms with van der Waals surface area (Å²) in [5.41, 5.74) is 6.39. The molecule has 37 heavy (non-hydrogen) atoms. The Morgan fingerprint density at radius 1 is 0.973 bits per heavy atom. The Morgan fingerprint density at radius 3 is 2.51 bits per heavy atom. The number of hydrogen-bond acceptors (Lipinski definition) is 5. The summed E-state index contributed by atoms with van der Waals surface area (Å²) < 4.78 is 32.6. The van der Waals surface area contributed by atoms with E-state index in [9.17, 15) is 9.18 Å². The number of halogens is 1. The minimum Gasteiger partial charge on any atom is -0.486 e. The molecule has 0 spiro atoms. The molecule has 3 heterocycles. The van der Waals surface area contributed by atoms with Gasteiger partial charge in [-0.15, -0.1) is 0 Å². The number of amides is 1. The third-order valence-corrected chi connectivity index (χ3v) is 5.73. The average molecular weight is 498 g/mol. The van der Waals surface area contributed by atoms with Gasteiger partial charge >= 0.3 is 5.91 Å². The number of nitrogens with one attached hydrogen (secondary N) is 1. The molecule has 0 saturated carbocycles. The van der Waals surface area contributed by atoms with Crippen LogP contribution in [0.25, 0.3) is 17.0 Å². The molecule has 0 aliphatic heterocycles. The molecule has 3 aromatic heterocycles. The van der Waals surface area contributed by atoms with E-state index < -0.39 is 5.91 Å². The smallest absolute Gasteiger partial charge is 0.307 e. The molecule has 1 N–H and O–H groups in total. The summed E-state index contributed by atoms with van der Waals surface area (Å²) in [4.78, 5) is 12.4. The number of benzene rings is 2. The zero-order chi connectivity index (χ0) is 25.8. The van der Waals surface area contributed by atoms with Crippen molar-refractivity contribution in [2.75, 3.05) is 0 Å². The second-order valence-corrected chi connectivity index (χ2v) is 8.41. The van der Waals surface area contributed by atoms with E-state index in [-0.39, 0.29) is 18.2 Å². The highest BCUT2D eigenvalue weighted by Crippen LogP contribution is 2.23. The minimum absolute atomic E-state index is 0.101. The van der Waals surface area contributed by atoms with Crippen LogP contribution in [0.1, 0.15) is 33.5 Å². The first-order valence-corrected chi connectivity index (χ1v) is 11.6. The number of aryl methyl sites for hydroxylation is 2. The van der Waals surface area contributed by atoms with Crippen molar-refractivity contribution in [2.45, 2.75) is 20.5 Å². The van der Waals surface area contributed by atoms with Crippen molar-refractivity contribution < 1.29 is 22.8 Å². The van der Waals surface area contributed by atoms with Gasteiger partial charge in [0.15, 0.2) is 5.76 Å². The van der Waals surface area contributed by atoms with Crippen LogP contribution in [0.2, 0.25) is 0 Å². The molecule has 2 aromatic carbocycles. The Balaban J connectivity index is 1.14. The fourth-order valence-electron chi connectivity index (χ4n) is 3.93. The molecule has 0 radical (unpaired) electrons. The van der Waals surface area contributed by atoms with E-state index >= 15 is 0 Å². The van der Waals surface area contributed by atoms with Crippen LogP contribution in [0.3, 0.4) is 0 Å². The molecular weight excluding hydrogens is 473 g/mol. The molecule has 5 aromatic rings. The molecule has 0 aliphatic rings. The molecule has 8 heteroatoms. The van der Waals surface area contributed by atoms with Gasteiger partial charge in [-0.3, -0.25) is 4.79 Å². The van der Waals surface area contributed by atoms with Crippen LogP contribution in [-0.2, 0) is 6.61 Å². The van der Waals surface area contributed by atoms with Crippen molar-refractivity contribution in [2.24, 2.45) is 5.10 Å². The summed E-state index contributed by atoms with van der Waals surface area (Å²) in [7, 11) is 0. The van der Waals surface area contributed by atoms with E-state index in [2.05, 4.69) is 41.1 Å². The number of carbonyl (C=O) groups is 1. The van der Waals surface area contributed by atoms with Crippen LogP contribution in [-0.4, -0.2) is 16.7 Å². The Labute approximate surface area is 212 Å². The van der Waals surface area contributed by atoms with Crippen LogP contribution in [0, 0.1) is 19.7 Å². The van der Waals surface area contributed by atoms with Crippen molar-refractivity contribution in [3.63, 3.8) is 0 Å². The summed E-state index contributed by atoms with van der Waals surface area (Å²) in [6.45, 7) is 4.30. The van der Waals surface area contributed by atoms with Crippen molar-refractivity contribution in [3.8, 4) is 22.8 Å². The second kappa shape index (κ2) is 10.4. The standard InChI is InChI=1S/C29H24FN3O4/c1-19-6-7-20(2)33(19)23-8-10-24(11-9-23)35-18-26-13-15-28(37-26)29(34)32-31-17-25-12-14-27(36-25)21-4-3-5-22(30)16-21/h3-17H,18H2,1-2H3,(H,32,34). The van der Waals surface area contributed by atoms with E-state index in [4.69, 9.17) is 13.6 Å². The molecule has 7 nitrogen and oxygen atoms in total. The zero-order valence-corrected chi connectivity index (χ0v) is 20.3. The van der Waals surface area contributed by atoms with E-state index in [0.29, 0.717) is 28.6 Å². The van der Waals surface area contributed by atoms with Gasteiger partial charge in [0.2, 0.25) is 0 Å². The summed E-state index contributed by atoms with van der Waals surface area (Å²) in [6, 6.07) is 24.6. The molecule has 0 fully saturated rings.